The van der Waals surface area contributed by atoms with Crippen molar-refractivity contribution in [3.8, 4) is 0 Å². The average molecular weight is 401 g/mol. The van der Waals surface area contributed by atoms with Gasteiger partial charge >= 0.3 is 0 Å². The molecule has 0 heterocycles. The van der Waals surface area contributed by atoms with E-state index in [1.165, 1.54) is 25.1 Å². The van der Waals surface area contributed by atoms with E-state index in [2.05, 4.69) is 26.0 Å². The van der Waals surface area contributed by atoms with Gasteiger partial charge in [0, 0.05) is 23.5 Å². The maximum atomic E-state index is 12.1. The quantitative estimate of drug-likeness (QED) is 0.702. The summed E-state index contributed by atoms with van der Waals surface area (Å²) in [5, 5.41) is 2.59. The van der Waals surface area contributed by atoms with E-state index in [1.54, 1.807) is 13.8 Å². The lowest BCUT2D eigenvalue weighted by Crippen LogP contribution is -2.45. The van der Waals surface area contributed by atoms with Crippen molar-refractivity contribution in [2.45, 2.75) is 31.2 Å². The Bertz CT molecular complexity index is 615. The van der Waals surface area contributed by atoms with Crippen LogP contribution in [0, 0.1) is 0 Å². The Morgan fingerprint density at radius 3 is 2.38 bits per heavy atom. The minimum Gasteiger partial charge on any atom is -0.325 e. The number of hydrogen-bond donors (Lipinski definition) is 3. The van der Waals surface area contributed by atoms with Gasteiger partial charge < -0.3 is 11.1 Å². The normalized spacial score (nSPS) is 11.7. The SMILES string of the molecule is CC(=O)Nc1ccc(S(=O)(=O)NCC(C)(C)N)cc1Br.Cl. The van der Waals surface area contributed by atoms with Crippen LogP contribution in [0.4, 0.5) is 5.69 Å². The van der Waals surface area contributed by atoms with Crippen LogP contribution in [0.1, 0.15) is 20.8 Å². The molecule has 9 heteroatoms. The lowest BCUT2D eigenvalue weighted by atomic mass is 10.1. The third-order valence-electron chi connectivity index (χ3n) is 2.28. The van der Waals surface area contributed by atoms with Gasteiger partial charge in [0.15, 0.2) is 0 Å². The zero-order valence-electron chi connectivity index (χ0n) is 11.9. The predicted molar refractivity (Wildman–Crippen MR) is 89.1 cm³/mol. The molecule has 1 rings (SSSR count). The average Bonchev–Trinajstić information content (AvgIpc) is 2.28. The molecule has 1 amide bonds. The highest BCUT2D eigenvalue weighted by Gasteiger charge is 2.19. The van der Waals surface area contributed by atoms with Gasteiger partial charge in [-0.1, -0.05) is 0 Å². The molecule has 0 atom stereocenters. The van der Waals surface area contributed by atoms with E-state index in [4.69, 9.17) is 5.73 Å². The van der Waals surface area contributed by atoms with E-state index in [9.17, 15) is 13.2 Å². The summed E-state index contributed by atoms with van der Waals surface area (Å²) >= 11 is 3.23. The summed E-state index contributed by atoms with van der Waals surface area (Å²) in [6.07, 6.45) is 0. The zero-order valence-corrected chi connectivity index (χ0v) is 15.2. The Morgan fingerprint density at radius 2 is 1.95 bits per heavy atom. The van der Waals surface area contributed by atoms with Crippen molar-refractivity contribution in [3.63, 3.8) is 0 Å². The molecule has 120 valence electrons. The maximum absolute atomic E-state index is 12.1. The van der Waals surface area contributed by atoms with Gasteiger partial charge in [-0.3, -0.25) is 4.79 Å². The topological polar surface area (TPSA) is 101 Å². The number of carbonyl (C=O) groups excluding carboxylic acids is 1. The first-order valence-electron chi connectivity index (χ1n) is 5.87. The fraction of sp³-hybridized carbons (Fsp3) is 0.417. The summed E-state index contributed by atoms with van der Waals surface area (Å²) in [4.78, 5) is 11.1. The Balaban J connectivity index is 0.00000400. The van der Waals surface area contributed by atoms with Crippen LogP contribution in [0.25, 0.3) is 0 Å². The summed E-state index contributed by atoms with van der Waals surface area (Å²) in [7, 11) is -3.63. The number of nitrogens with two attached hydrogens (primary N) is 1. The minimum absolute atomic E-state index is 0. The van der Waals surface area contributed by atoms with Crippen molar-refractivity contribution in [2.24, 2.45) is 5.73 Å². The van der Waals surface area contributed by atoms with E-state index >= 15 is 0 Å². The molecule has 0 aliphatic carbocycles. The van der Waals surface area contributed by atoms with Crippen LogP contribution in [0.15, 0.2) is 27.6 Å². The molecule has 0 aliphatic rings. The van der Waals surface area contributed by atoms with Crippen LogP contribution >= 0.6 is 28.3 Å². The lowest BCUT2D eigenvalue weighted by Gasteiger charge is -2.19. The van der Waals surface area contributed by atoms with Crippen molar-refractivity contribution in [1.82, 2.24) is 4.72 Å². The molecule has 6 nitrogen and oxygen atoms in total. The first kappa shape index (κ1) is 20.3. The van der Waals surface area contributed by atoms with Gasteiger partial charge in [-0.25, -0.2) is 13.1 Å². The van der Waals surface area contributed by atoms with Crippen LogP contribution in [-0.2, 0) is 14.8 Å². The summed E-state index contributed by atoms with van der Waals surface area (Å²) in [6.45, 7) is 4.96. The lowest BCUT2D eigenvalue weighted by molar-refractivity contribution is -0.114. The molecule has 0 radical (unpaired) electrons. The largest absolute Gasteiger partial charge is 0.325 e. The second kappa shape index (κ2) is 7.55. The highest BCUT2D eigenvalue weighted by molar-refractivity contribution is 9.10. The predicted octanol–water partition coefficient (Wildman–Crippen LogP) is 1.84. The number of carbonyl (C=O) groups is 1. The van der Waals surface area contributed by atoms with E-state index in [0.717, 1.165) is 0 Å². The maximum Gasteiger partial charge on any atom is 0.240 e. The van der Waals surface area contributed by atoms with E-state index < -0.39 is 15.6 Å². The zero-order chi connectivity index (χ0) is 15.6. The highest BCUT2D eigenvalue weighted by Crippen LogP contribution is 2.25. The summed E-state index contributed by atoms with van der Waals surface area (Å²) in [6, 6.07) is 4.37. The van der Waals surface area contributed by atoms with Crippen LogP contribution < -0.4 is 15.8 Å². The standard InChI is InChI=1S/C12H18BrN3O3S.ClH/c1-8(17)16-11-5-4-9(6-10(11)13)20(18,19)15-7-12(2,3)14;/h4-6,15H,7,14H2,1-3H3,(H,16,17);1H. The number of rotatable bonds is 5. The number of benzene rings is 1. The van der Waals surface area contributed by atoms with E-state index in [-0.39, 0.29) is 29.8 Å². The third-order valence-corrected chi connectivity index (χ3v) is 4.33. The molecule has 21 heavy (non-hydrogen) atoms. The first-order valence-corrected chi connectivity index (χ1v) is 8.14. The van der Waals surface area contributed by atoms with Gasteiger partial charge in [0.05, 0.1) is 10.6 Å². The monoisotopic (exact) mass is 399 g/mol. The van der Waals surface area contributed by atoms with Gasteiger partial charge in [0.2, 0.25) is 15.9 Å². The van der Waals surface area contributed by atoms with Crippen molar-refractivity contribution in [3.05, 3.63) is 22.7 Å². The van der Waals surface area contributed by atoms with Crippen molar-refractivity contribution >= 4 is 50.0 Å². The number of hydrogen-bond acceptors (Lipinski definition) is 4. The summed E-state index contributed by atoms with van der Waals surface area (Å²) in [5.74, 6) is -0.232. The van der Waals surface area contributed by atoms with Gasteiger partial charge in [-0.05, 0) is 48.0 Å². The van der Waals surface area contributed by atoms with Crippen molar-refractivity contribution in [1.29, 1.82) is 0 Å². The molecular formula is C12H19BrClN3O3S. The Labute approximate surface area is 139 Å². The van der Waals surface area contributed by atoms with Gasteiger partial charge in [0.1, 0.15) is 0 Å². The third kappa shape index (κ3) is 6.75. The molecule has 0 aliphatic heterocycles. The fourth-order valence-electron chi connectivity index (χ4n) is 1.32. The molecule has 0 aromatic heterocycles. The van der Waals surface area contributed by atoms with Crippen LogP contribution in [0.5, 0.6) is 0 Å². The van der Waals surface area contributed by atoms with Gasteiger partial charge in [-0.15, -0.1) is 12.4 Å². The summed E-state index contributed by atoms with van der Waals surface area (Å²) in [5.41, 5.74) is 5.62. The Morgan fingerprint density at radius 1 is 1.38 bits per heavy atom. The van der Waals surface area contributed by atoms with Gasteiger partial charge in [-0.2, -0.15) is 0 Å². The molecular weight excluding hydrogens is 382 g/mol. The summed E-state index contributed by atoms with van der Waals surface area (Å²) < 4.78 is 27.1. The fourth-order valence-corrected chi connectivity index (χ4v) is 3.20. The molecule has 0 saturated carbocycles. The Hall–Kier alpha value is -0.670. The number of sulfonamides is 1. The molecule has 0 fully saturated rings. The molecule has 0 spiro atoms. The molecule has 0 unspecified atom stereocenters. The second-order valence-electron chi connectivity index (χ2n) is 5.14. The van der Waals surface area contributed by atoms with Crippen LogP contribution in [-0.4, -0.2) is 26.4 Å². The number of halogens is 2. The molecule has 0 bridgehead atoms. The van der Waals surface area contributed by atoms with E-state index in [1.807, 2.05) is 0 Å². The van der Waals surface area contributed by atoms with Gasteiger partial charge in [0.25, 0.3) is 0 Å². The van der Waals surface area contributed by atoms with Crippen LogP contribution in [0.3, 0.4) is 0 Å². The first-order chi connectivity index (χ1) is 9.01. The number of anilines is 1. The molecule has 4 N–H and O–H groups in total. The minimum atomic E-state index is -3.63. The molecule has 0 saturated heterocycles. The van der Waals surface area contributed by atoms with Crippen LogP contribution in [0.2, 0.25) is 0 Å². The number of nitrogens with one attached hydrogen (secondary N) is 2. The van der Waals surface area contributed by atoms with Crippen molar-refractivity contribution in [2.75, 3.05) is 11.9 Å². The number of amides is 1. The second-order valence-corrected chi connectivity index (χ2v) is 7.76. The smallest absolute Gasteiger partial charge is 0.240 e. The highest BCUT2D eigenvalue weighted by atomic mass is 79.9. The van der Waals surface area contributed by atoms with Crippen molar-refractivity contribution < 1.29 is 13.2 Å². The molecule has 1 aromatic rings. The van der Waals surface area contributed by atoms with E-state index in [0.29, 0.717) is 10.2 Å². The molecule has 1 aromatic carbocycles. The Kier molecular flexibility index (Phi) is 7.31.